The van der Waals surface area contributed by atoms with Gasteiger partial charge in [0.05, 0.1) is 18.2 Å². The van der Waals surface area contributed by atoms with E-state index in [1.807, 2.05) is 24.3 Å². The maximum Gasteiger partial charge on any atom is 0.295 e. The van der Waals surface area contributed by atoms with Crippen molar-refractivity contribution < 1.29 is 19.4 Å². The zero-order valence-electron chi connectivity index (χ0n) is 14.5. The van der Waals surface area contributed by atoms with E-state index in [-0.39, 0.29) is 24.5 Å². The Balaban J connectivity index is 2.16. The molecule has 1 saturated heterocycles. The standard InChI is InChI=1S/C20H17BrClNO4/c1-27-10-9-23-17(13-3-2-4-14(21)11-13)16(19(25)20(23)26)18(24)12-5-7-15(22)8-6-12/h2-8,11,17,24H,9-10H2,1H3/b18-16+. The molecule has 5 nitrogen and oxygen atoms in total. The summed E-state index contributed by atoms with van der Waals surface area (Å²) >= 11 is 9.32. The second-order valence-electron chi connectivity index (χ2n) is 6.05. The number of carbonyl (C=O) groups is 2. The smallest absolute Gasteiger partial charge is 0.295 e. The van der Waals surface area contributed by atoms with Gasteiger partial charge in [-0.15, -0.1) is 0 Å². The first kappa shape index (κ1) is 19.6. The molecule has 1 fully saturated rings. The fourth-order valence-corrected chi connectivity index (χ4v) is 3.63. The van der Waals surface area contributed by atoms with Crippen molar-refractivity contribution in [2.75, 3.05) is 20.3 Å². The van der Waals surface area contributed by atoms with E-state index in [2.05, 4.69) is 15.9 Å². The predicted molar refractivity (Wildman–Crippen MR) is 106 cm³/mol. The summed E-state index contributed by atoms with van der Waals surface area (Å²) in [4.78, 5) is 26.8. The summed E-state index contributed by atoms with van der Waals surface area (Å²) in [6, 6.07) is 13.1. The van der Waals surface area contributed by atoms with E-state index in [1.54, 1.807) is 24.3 Å². The third-order valence-electron chi connectivity index (χ3n) is 4.36. The molecule has 7 heteroatoms. The van der Waals surface area contributed by atoms with Gasteiger partial charge in [-0.1, -0.05) is 39.7 Å². The summed E-state index contributed by atoms with van der Waals surface area (Å²) in [6.07, 6.45) is 0. The molecule has 27 heavy (non-hydrogen) atoms. The molecular formula is C20H17BrClNO4. The van der Waals surface area contributed by atoms with Gasteiger partial charge in [0.15, 0.2) is 0 Å². The van der Waals surface area contributed by atoms with Gasteiger partial charge in [-0.25, -0.2) is 0 Å². The number of hydrogen-bond donors (Lipinski definition) is 1. The number of rotatable bonds is 5. The number of ketones is 1. The minimum atomic E-state index is -0.719. The molecule has 1 unspecified atom stereocenters. The Morgan fingerprint density at radius 3 is 2.56 bits per heavy atom. The van der Waals surface area contributed by atoms with Crippen molar-refractivity contribution in [3.8, 4) is 0 Å². The molecule has 0 saturated carbocycles. The Kier molecular flexibility index (Phi) is 5.99. The Labute approximate surface area is 170 Å². The molecule has 0 aromatic heterocycles. The van der Waals surface area contributed by atoms with Crippen LogP contribution in [0, 0.1) is 0 Å². The normalized spacial score (nSPS) is 18.9. The van der Waals surface area contributed by atoms with E-state index >= 15 is 0 Å². The van der Waals surface area contributed by atoms with Gasteiger partial charge in [0.25, 0.3) is 11.7 Å². The number of benzene rings is 2. The first-order valence-electron chi connectivity index (χ1n) is 8.22. The Hall–Kier alpha value is -2.15. The molecule has 0 spiro atoms. The molecular weight excluding hydrogens is 434 g/mol. The van der Waals surface area contributed by atoms with Gasteiger partial charge >= 0.3 is 0 Å². The van der Waals surface area contributed by atoms with Gasteiger partial charge in [0.2, 0.25) is 0 Å². The van der Waals surface area contributed by atoms with Crippen LogP contribution in [0.15, 0.2) is 58.6 Å². The molecule has 1 aliphatic heterocycles. The van der Waals surface area contributed by atoms with Crippen LogP contribution in [0.3, 0.4) is 0 Å². The lowest BCUT2D eigenvalue weighted by Crippen LogP contribution is -2.32. The van der Waals surface area contributed by atoms with Crippen LogP contribution >= 0.6 is 27.5 Å². The van der Waals surface area contributed by atoms with Gasteiger partial charge in [0, 0.05) is 28.7 Å². The van der Waals surface area contributed by atoms with E-state index in [9.17, 15) is 14.7 Å². The second-order valence-corrected chi connectivity index (χ2v) is 7.40. The number of halogens is 2. The fourth-order valence-electron chi connectivity index (χ4n) is 3.09. The molecule has 2 aromatic carbocycles. The SMILES string of the molecule is COCCN1C(=O)C(=O)/C(=C(/O)c2ccc(Cl)cc2)C1c1cccc(Br)c1. The molecule has 140 valence electrons. The lowest BCUT2D eigenvalue weighted by Gasteiger charge is -2.25. The number of nitrogens with zero attached hydrogens (tertiary/aromatic N) is 1. The monoisotopic (exact) mass is 449 g/mol. The summed E-state index contributed by atoms with van der Waals surface area (Å²) in [7, 11) is 1.53. The molecule has 1 atom stereocenters. The van der Waals surface area contributed by atoms with Crippen LogP contribution in [-0.4, -0.2) is 42.0 Å². The van der Waals surface area contributed by atoms with Crippen LogP contribution in [0.1, 0.15) is 17.2 Å². The fraction of sp³-hybridized carbons (Fsp3) is 0.200. The maximum atomic E-state index is 12.7. The first-order valence-corrected chi connectivity index (χ1v) is 9.40. The predicted octanol–water partition coefficient (Wildman–Crippen LogP) is 4.17. The van der Waals surface area contributed by atoms with E-state index in [4.69, 9.17) is 16.3 Å². The van der Waals surface area contributed by atoms with Gasteiger partial charge in [0.1, 0.15) is 5.76 Å². The van der Waals surface area contributed by atoms with Crippen molar-refractivity contribution in [3.05, 3.63) is 74.7 Å². The van der Waals surface area contributed by atoms with Gasteiger partial charge < -0.3 is 14.7 Å². The molecule has 1 N–H and O–H groups in total. The van der Waals surface area contributed by atoms with Crippen LogP contribution < -0.4 is 0 Å². The Morgan fingerprint density at radius 2 is 1.93 bits per heavy atom. The number of likely N-dealkylation sites (tertiary alicyclic amines) is 1. The minimum Gasteiger partial charge on any atom is -0.507 e. The highest BCUT2D eigenvalue weighted by Crippen LogP contribution is 2.39. The highest BCUT2D eigenvalue weighted by atomic mass is 79.9. The number of aliphatic hydroxyl groups excluding tert-OH is 1. The van der Waals surface area contributed by atoms with Crippen LogP contribution in [-0.2, 0) is 14.3 Å². The van der Waals surface area contributed by atoms with Crippen LogP contribution in [0.5, 0.6) is 0 Å². The highest BCUT2D eigenvalue weighted by molar-refractivity contribution is 9.10. The summed E-state index contributed by atoms with van der Waals surface area (Å²) < 4.78 is 5.89. The lowest BCUT2D eigenvalue weighted by molar-refractivity contribution is -0.140. The number of amides is 1. The van der Waals surface area contributed by atoms with Gasteiger partial charge in [-0.05, 0) is 42.0 Å². The molecule has 3 rings (SSSR count). The molecule has 1 aliphatic rings. The topological polar surface area (TPSA) is 66.8 Å². The Morgan fingerprint density at radius 1 is 1.22 bits per heavy atom. The number of hydrogen-bond acceptors (Lipinski definition) is 4. The van der Waals surface area contributed by atoms with Crippen molar-refractivity contribution >= 4 is 45.0 Å². The van der Waals surface area contributed by atoms with Crippen molar-refractivity contribution in [2.24, 2.45) is 0 Å². The third kappa shape index (κ3) is 3.93. The maximum absolute atomic E-state index is 12.7. The summed E-state index contributed by atoms with van der Waals surface area (Å²) in [6.45, 7) is 0.508. The van der Waals surface area contributed by atoms with Crippen molar-refractivity contribution in [1.82, 2.24) is 4.90 Å². The summed E-state index contributed by atoms with van der Waals surface area (Å²) in [5.74, 6) is -1.61. The first-order chi connectivity index (χ1) is 12.9. The van der Waals surface area contributed by atoms with Crippen LogP contribution in [0.4, 0.5) is 0 Å². The number of methoxy groups -OCH3 is 1. The molecule has 0 aliphatic carbocycles. The quantitative estimate of drug-likeness (QED) is 0.422. The number of Topliss-reactive ketones (excluding diaryl/α,β-unsaturated/α-hetero) is 1. The average molecular weight is 451 g/mol. The van der Waals surface area contributed by atoms with Crippen molar-refractivity contribution in [2.45, 2.75) is 6.04 Å². The minimum absolute atomic E-state index is 0.0523. The molecule has 1 heterocycles. The number of ether oxygens (including phenoxy) is 1. The van der Waals surface area contributed by atoms with Crippen molar-refractivity contribution in [3.63, 3.8) is 0 Å². The van der Waals surface area contributed by atoms with Gasteiger partial charge in [-0.2, -0.15) is 0 Å². The molecule has 1 amide bonds. The van der Waals surface area contributed by atoms with E-state index in [1.165, 1.54) is 12.0 Å². The average Bonchev–Trinajstić information content (AvgIpc) is 2.91. The Bertz CT molecular complexity index is 910. The lowest BCUT2D eigenvalue weighted by atomic mass is 9.95. The molecule has 2 aromatic rings. The molecule has 0 bridgehead atoms. The van der Waals surface area contributed by atoms with E-state index < -0.39 is 17.7 Å². The van der Waals surface area contributed by atoms with Crippen LogP contribution in [0.25, 0.3) is 5.76 Å². The number of aliphatic hydroxyl groups is 1. The van der Waals surface area contributed by atoms with Gasteiger partial charge in [-0.3, -0.25) is 9.59 Å². The molecule has 0 radical (unpaired) electrons. The number of carbonyl (C=O) groups excluding carboxylic acids is 2. The third-order valence-corrected chi connectivity index (χ3v) is 5.10. The summed E-state index contributed by atoms with van der Waals surface area (Å²) in [5.41, 5.74) is 1.19. The second kappa shape index (κ2) is 8.25. The van der Waals surface area contributed by atoms with Crippen LogP contribution in [0.2, 0.25) is 5.02 Å². The largest absolute Gasteiger partial charge is 0.507 e. The van der Waals surface area contributed by atoms with Crippen molar-refractivity contribution in [1.29, 1.82) is 0 Å². The van der Waals surface area contributed by atoms with E-state index in [0.717, 1.165) is 10.0 Å². The summed E-state index contributed by atoms with van der Waals surface area (Å²) in [5, 5.41) is 11.3. The zero-order valence-corrected chi connectivity index (χ0v) is 16.8. The zero-order chi connectivity index (χ0) is 19.6. The highest BCUT2D eigenvalue weighted by Gasteiger charge is 2.45. The van der Waals surface area contributed by atoms with E-state index in [0.29, 0.717) is 10.6 Å².